The van der Waals surface area contributed by atoms with Crippen LogP contribution in [0.15, 0.2) is 30.3 Å². The van der Waals surface area contributed by atoms with E-state index in [9.17, 15) is 9.59 Å². The molecule has 0 spiro atoms. The average Bonchev–Trinajstić information content (AvgIpc) is 2.89. The van der Waals surface area contributed by atoms with E-state index in [1.807, 2.05) is 30.3 Å². The molecule has 1 aromatic carbocycles. The van der Waals surface area contributed by atoms with Crippen molar-refractivity contribution in [3.63, 3.8) is 0 Å². The number of β-lactam (4-membered cyclic amide) rings is 1. The maximum Gasteiger partial charge on any atom is 0.411 e. The fraction of sp³-hybridized carbons (Fsp3) is 0.467. The Morgan fingerprint density at radius 1 is 1.14 bits per heavy atom. The topological polar surface area (TPSA) is 59.1 Å². The molecule has 3 heterocycles. The van der Waals surface area contributed by atoms with Crippen LogP contribution in [0.3, 0.4) is 0 Å². The van der Waals surface area contributed by atoms with Crippen LogP contribution in [-0.2, 0) is 14.3 Å². The second kappa shape index (κ2) is 4.73. The quantitative estimate of drug-likeness (QED) is 0.766. The van der Waals surface area contributed by atoms with Gasteiger partial charge in [-0.1, -0.05) is 30.3 Å². The summed E-state index contributed by atoms with van der Waals surface area (Å²) in [6.45, 7) is 1.61. The molecule has 6 nitrogen and oxygen atoms in total. The normalized spacial score (nSPS) is 31.7. The van der Waals surface area contributed by atoms with Gasteiger partial charge in [-0.25, -0.2) is 4.79 Å². The maximum atomic E-state index is 12.3. The van der Waals surface area contributed by atoms with Gasteiger partial charge in [-0.2, -0.15) is 0 Å². The van der Waals surface area contributed by atoms with E-state index in [0.29, 0.717) is 13.2 Å². The second-order valence-electron chi connectivity index (χ2n) is 5.50. The van der Waals surface area contributed by atoms with Gasteiger partial charge in [-0.3, -0.25) is 9.69 Å². The minimum Gasteiger partial charge on any atom is -0.447 e. The zero-order valence-corrected chi connectivity index (χ0v) is 11.5. The van der Waals surface area contributed by atoms with E-state index < -0.39 is 12.1 Å². The fourth-order valence-corrected chi connectivity index (χ4v) is 3.29. The summed E-state index contributed by atoms with van der Waals surface area (Å²) in [4.78, 5) is 27.6. The number of hydrogen-bond donors (Lipinski definition) is 0. The summed E-state index contributed by atoms with van der Waals surface area (Å²) in [6.07, 6.45) is 0.0979. The molecule has 3 fully saturated rings. The number of benzene rings is 1. The van der Waals surface area contributed by atoms with Crippen LogP contribution in [0.4, 0.5) is 4.79 Å². The summed E-state index contributed by atoms with van der Waals surface area (Å²) in [7, 11) is 0. The molecule has 0 unspecified atom stereocenters. The third-order valence-corrected chi connectivity index (χ3v) is 4.34. The standard InChI is InChI=1S/C15H16N2O4/c18-13-12(14-16(13)7-4-8-20-14)17-11(9-21-15(17)19)10-5-2-1-3-6-10/h1-3,5-6,11-12,14H,4,7-9H2/t11-,12-,14+/m1/s1. The number of rotatable bonds is 2. The molecule has 2 amide bonds. The van der Waals surface area contributed by atoms with E-state index in [2.05, 4.69) is 0 Å². The van der Waals surface area contributed by atoms with Gasteiger partial charge in [0.05, 0.1) is 12.6 Å². The lowest BCUT2D eigenvalue weighted by molar-refractivity contribution is -0.207. The van der Waals surface area contributed by atoms with Gasteiger partial charge in [0, 0.05) is 6.54 Å². The van der Waals surface area contributed by atoms with Crippen LogP contribution in [0.25, 0.3) is 0 Å². The lowest BCUT2D eigenvalue weighted by Gasteiger charge is -2.52. The van der Waals surface area contributed by atoms with E-state index in [1.54, 1.807) is 9.80 Å². The summed E-state index contributed by atoms with van der Waals surface area (Å²) < 4.78 is 10.8. The zero-order chi connectivity index (χ0) is 14.4. The maximum absolute atomic E-state index is 12.3. The molecule has 0 radical (unpaired) electrons. The lowest BCUT2D eigenvalue weighted by Crippen LogP contribution is -2.73. The zero-order valence-electron chi connectivity index (χ0n) is 11.5. The van der Waals surface area contributed by atoms with Crippen molar-refractivity contribution in [2.75, 3.05) is 19.8 Å². The highest BCUT2D eigenvalue weighted by Gasteiger charge is 2.57. The Morgan fingerprint density at radius 2 is 1.95 bits per heavy atom. The highest BCUT2D eigenvalue weighted by molar-refractivity contribution is 5.92. The van der Waals surface area contributed by atoms with Crippen molar-refractivity contribution in [2.45, 2.75) is 24.7 Å². The number of amides is 2. The SMILES string of the molecule is O=C1[C@@H](N2C(=O)OC[C@@H]2c2ccccc2)[C@@H]2OCCCN12. The Morgan fingerprint density at radius 3 is 2.76 bits per heavy atom. The Balaban J connectivity index is 1.63. The van der Waals surface area contributed by atoms with Crippen molar-refractivity contribution in [3.8, 4) is 0 Å². The minimum absolute atomic E-state index is 0.0421. The number of carbonyl (C=O) groups excluding carboxylic acids is 2. The molecule has 4 rings (SSSR count). The first-order valence-corrected chi connectivity index (χ1v) is 7.19. The van der Waals surface area contributed by atoms with Gasteiger partial charge in [-0.15, -0.1) is 0 Å². The van der Waals surface area contributed by atoms with Crippen LogP contribution >= 0.6 is 0 Å². The second-order valence-corrected chi connectivity index (χ2v) is 5.50. The molecule has 3 aliphatic rings. The van der Waals surface area contributed by atoms with Crippen LogP contribution in [0.1, 0.15) is 18.0 Å². The third kappa shape index (κ3) is 1.82. The van der Waals surface area contributed by atoms with Crippen molar-refractivity contribution in [1.82, 2.24) is 9.80 Å². The van der Waals surface area contributed by atoms with Crippen LogP contribution in [0.5, 0.6) is 0 Å². The Kier molecular flexibility index (Phi) is 2.85. The largest absolute Gasteiger partial charge is 0.447 e. The van der Waals surface area contributed by atoms with E-state index in [4.69, 9.17) is 9.47 Å². The highest BCUT2D eigenvalue weighted by atomic mass is 16.6. The van der Waals surface area contributed by atoms with Gasteiger partial charge < -0.3 is 14.4 Å². The summed E-state index contributed by atoms with van der Waals surface area (Å²) in [5.41, 5.74) is 0.977. The molecule has 6 heteroatoms. The number of carbonyl (C=O) groups is 2. The van der Waals surface area contributed by atoms with E-state index >= 15 is 0 Å². The van der Waals surface area contributed by atoms with Crippen molar-refractivity contribution >= 4 is 12.0 Å². The molecule has 21 heavy (non-hydrogen) atoms. The van der Waals surface area contributed by atoms with Crippen LogP contribution in [0, 0.1) is 0 Å². The predicted octanol–water partition coefficient (Wildman–Crippen LogP) is 1.14. The van der Waals surface area contributed by atoms with Gasteiger partial charge in [-0.05, 0) is 12.0 Å². The molecular formula is C15H16N2O4. The first-order chi connectivity index (χ1) is 10.3. The summed E-state index contributed by atoms with van der Waals surface area (Å²) in [6, 6.07) is 8.88. The third-order valence-electron chi connectivity index (χ3n) is 4.34. The number of hydrogen-bond acceptors (Lipinski definition) is 4. The molecule has 3 atom stereocenters. The molecule has 3 aliphatic heterocycles. The predicted molar refractivity (Wildman–Crippen MR) is 72.2 cm³/mol. The van der Waals surface area contributed by atoms with E-state index in [1.165, 1.54) is 0 Å². The van der Waals surface area contributed by atoms with Gasteiger partial charge >= 0.3 is 6.09 Å². The smallest absolute Gasteiger partial charge is 0.411 e. The average molecular weight is 288 g/mol. The molecule has 3 saturated heterocycles. The molecule has 110 valence electrons. The number of ether oxygens (including phenoxy) is 2. The molecule has 0 aliphatic carbocycles. The monoisotopic (exact) mass is 288 g/mol. The Hall–Kier alpha value is -2.08. The van der Waals surface area contributed by atoms with Gasteiger partial charge in [0.2, 0.25) is 0 Å². The summed E-state index contributed by atoms with van der Waals surface area (Å²) in [5.74, 6) is -0.0421. The van der Waals surface area contributed by atoms with Crippen molar-refractivity contribution in [3.05, 3.63) is 35.9 Å². The highest BCUT2D eigenvalue weighted by Crippen LogP contribution is 2.37. The fourth-order valence-electron chi connectivity index (χ4n) is 3.29. The summed E-state index contributed by atoms with van der Waals surface area (Å²) in [5, 5.41) is 0. The van der Waals surface area contributed by atoms with Gasteiger partial charge in [0.1, 0.15) is 6.61 Å². The number of cyclic esters (lactones) is 1. The number of nitrogens with zero attached hydrogens (tertiary/aromatic N) is 2. The first-order valence-electron chi connectivity index (χ1n) is 7.19. The van der Waals surface area contributed by atoms with Crippen LogP contribution in [0.2, 0.25) is 0 Å². The molecular weight excluding hydrogens is 272 g/mol. The Bertz CT molecular complexity index is 576. The first kappa shape index (κ1) is 12.6. The minimum atomic E-state index is -0.550. The van der Waals surface area contributed by atoms with Crippen LogP contribution in [-0.4, -0.2) is 53.8 Å². The molecule has 1 aromatic rings. The molecule has 0 aromatic heterocycles. The lowest BCUT2D eigenvalue weighted by atomic mass is 9.97. The van der Waals surface area contributed by atoms with Crippen molar-refractivity contribution in [1.29, 1.82) is 0 Å². The molecule has 0 bridgehead atoms. The van der Waals surface area contributed by atoms with Crippen molar-refractivity contribution in [2.24, 2.45) is 0 Å². The van der Waals surface area contributed by atoms with E-state index in [0.717, 1.165) is 12.0 Å². The molecule has 0 N–H and O–H groups in total. The number of fused-ring (bicyclic) bond motifs is 1. The van der Waals surface area contributed by atoms with Crippen LogP contribution < -0.4 is 0 Å². The van der Waals surface area contributed by atoms with E-state index in [-0.39, 0.29) is 24.8 Å². The Labute approximate surface area is 122 Å². The summed E-state index contributed by atoms with van der Waals surface area (Å²) >= 11 is 0. The van der Waals surface area contributed by atoms with Crippen molar-refractivity contribution < 1.29 is 19.1 Å². The van der Waals surface area contributed by atoms with Gasteiger partial charge in [0.15, 0.2) is 12.3 Å². The molecule has 0 saturated carbocycles. The van der Waals surface area contributed by atoms with Gasteiger partial charge in [0.25, 0.3) is 5.91 Å².